The van der Waals surface area contributed by atoms with Crippen LogP contribution >= 0.6 is 0 Å². The first-order chi connectivity index (χ1) is 8.92. The lowest BCUT2D eigenvalue weighted by Crippen LogP contribution is -2.34. The van der Waals surface area contributed by atoms with Gasteiger partial charge in [0.2, 0.25) is 10.0 Å². The van der Waals surface area contributed by atoms with Gasteiger partial charge in [-0.2, -0.15) is 0 Å². The van der Waals surface area contributed by atoms with Crippen molar-refractivity contribution in [3.05, 3.63) is 0 Å². The summed E-state index contributed by atoms with van der Waals surface area (Å²) in [5.41, 5.74) is 0. The molecular weight excluding hydrogens is 264 g/mol. The normalized spacial score (nSPS) is 16.5. The second kappa shape index (κ2) is 8.19. The number of nitrogens with zero attached hydrogens (tertiary/aromatic N) is 1. The third-order valence-corrected chi connectivity index (χ3v) is 5.14. The van der Waals surface area contributed by atoms with Gasteiger partial charge in [0.1, 0.15) is 0 Å². The molecular formula is C13H28N2O3S. The average Bonchev–Trinajstić information content (AvgIpc) is 3.13. The summed E-state index contributed by atoms with van der Waals surface area (Å²) in [6.45, 7) is 6.58. The molecule has 1 aliphatic carbocycles. The second-order valence-electron chi connectivity index (χ2n) is 5.62. The summed E-state index contributed by atoms with van der Waals surface area (Å²) in [5.74, 6) is 0.926. The number of hydrogen-bond donors (Lipinski definition) is 1. The van der Waals surface area contributed by atoms with Gasteiger partial charge in [-0.25, -0.2) is 12.7 Å². The van der Waals surface area contributed by atoms with Crippen LogP contribution in [0.4, 0.5) is 0 Å². The molecule has 5 nitrogen and oxygen atoms in total. The van der Waals surface area contributed by atoms with Crippen molar-refractivity contribution in [1.29, 1.82) is 0 Å². The largest absolute Gasteiger partial charge is 0.380 e. The van der Waals surface area contributed by atoms with E-state index in [1.54, 1.807) is 7.05 Å². The Kier molecular flexibility index (Phi) is 7.28. The highest BCUT2D eigenvalue weighted by Crippen LogP contribution is 2.28. The minimum absolute atomic E-state index is 0.200. The minimum Gasteiger partial charge on any atom is -0.380 e. The van der Waals surface area contributed by atoms with Crippen molar-refractivity contribution in [2.75, 3.05) is 39.1 Å². The summed E-state index contributed by atoms with van der Waals surface area (Å²) in [6.07, 6.45) is 3.17. The molecule has 0 unspecified atom stereocenters. The SMILES string of the molecule is CC(C)NCCCS(=O)(=O)N(C)CCOCC1CC1. The number of rotatable bonds is 11. The first-order valence-electron chi connectivity index (χ1n) is 7.17. The van der Waals surface area contributed by atoms with Crippen LogP contribution in [0.1, 0.15) is 33.1 Å². The molecule has 0 saturated heterocycles. The molecule has 1 fully saturated rings. The second-order valence-corrected chi connectivity index (χ2v) is 7.81. The van der Waals surface area contributed by atoms with Gasteiger partial charge in [0, 0.05) is 26.2 Å². The zero-order chi connectivity index (χ0) is 14.3. The average molecular weight is 292 g/mol. The summed E-state index contributed by atoms with van der Waals surface area (Å²) in [5, 5.41) is 3.22. The van der Waals surface area contributed by atoms with Gasteiger partial charge in [-0.1, -0.05) is 13.8 Å². The fourth-order valence-electron chi connectivity index (χ4n) is 1.67. The number of nitrogens with one attached hydrogen (secondary N) is 1. The summed E-state index contributed by atoms with van der Waals surface area (Å²) in [4.78, 5) is 0. The highest BCUT2D eigenvalue weighted by atomic mass is 32.2. The van der Waals surface area contributed by atoms with E-state index in [0.29, 0.717) is 25.6 Å². The van der Waals surface area contributed by atoms with Crippen LogP contribution in [0.2, 0.25) is 0 Å². The van der Waals surface area contributed by atoms with Gasteiger partial charge in [-0.05, 0) is 31.7 Å². The molecule has 0 aliphatic heterocycles. The van der Waals surface area contributed by atoms with Crippen molar-refractivity contribution in [1.82, 2.24) is 9.62 Å². The number of likely N-dealkylation sites (N-methyl/N-ethyl adjacent to an activating group) is 1. The molecule has 0 bridgehead atoms. The van der Waals surface area contributed by atoms with Crippen molar-refractivity contribution >= 4 is 10.0 Å². The molecule has 0 radical (unpaired) electrons. The predicted molar refractivity (Wildman–Crippen MR) is 77.7 cm³/mol. The van der Waals surface area contributed by atoms with E-state index in [1.165, 1.54) is 17.1 Å². The molecule has 1 aliphatic rings. The van der Waals surface area contributed by atoms with Gasteiger partial charge in [0.05, 0.1) is 12.4 Å². The molecule has 1 N–H and O–H groups in total. The monoisotopic (exact) mass is 292 g/mol. The Hall–Kier alpha value is -0.170. The lowest BCUT2D eigenvalue weighted by atomic mass is 10.4. The van der Waals surface area contributed by atoms with E-state index in [1.807, 2.05) is 0 Å². The van der Waals surface area contributed by atoms with Crippen molar-refractivity contribution in [3.63, 3.8) is 0 Å². The van der Waals surface area contributed by atoms with E-state index < -0.39 is 10.0 Å². The lowest BCUT2D eigenvalue weighted by Gasteiger charge is -2.17. The van der Waals surface area contributed by atoms with Crippen LogP contribution in [0.5, 0.6) is 0 Å². The summed E-state index contributed by atoms with van der Waals surface area (Å²) in [7, 11) is -1.50. The smallest absolute Gasteiger partial charge is 0.213 e. The number of hydrogen-bond acceptors (Lipinski definition) is 4. The van der Waals surface area contributed by atoms with E-state index in [2.05, 4.69) is 19.2 Å². The fourth-order valence-corrected chi connectivity index (χ4v) is 2.84. The summed E-state index contributed by atoms with van der Waals surface area (Å²) in [6, 6.07) is 0.399. The first-order valence-corrected chi connectivity index (χ1v) is 8.78. The summed E-state index contributed by atoms with van der Waals surface area (Å²) >= 11 is 0. The maximum atomic E-state index is 12.0. The number of sulfonamides is 1. The van der Waals surface area contributed by atoms with Crippen LogP contribution < -0.4 is 5.32 Å². The lowest BCUT2D eigenvalue weighted by molar-refractivity contribution is 0.117. The molecule has 0 aromatic heterocycles. The number of ether oxygens (including phenoxy) is 1. The van der Waals surface area contributed by atoms with Crippen LogP contribution in [0.25, 0.3) is 0 Å². The molecule has 1 saturated carbocycles. The van der Waals surface area contributed by atoms with E-state index in [-0.39, 0.29) is 5.75 Å². The van der Waals surface area contributed by atoms with Gasteiger partial charge < -0.3 is 10.1 Å². The maximum absolute atomic E-state index is 12.0. The van der Waals surface area contributed by atoms with Crippen LogP contribution in [0.15, 0.2) is 0 Å². The molecule has 0 spiro atoms. The molecule has 0 heterocycles. The Morgan fingerprint density at radius 1 is 1.37 bits per heavy atom. The Balaban J connectivity index is 2.10. The standard InChI is InChI=1S/C13H28N2O3S/c1-12(2)14-7-4-10-19(16,17)15(3)8-9-18-11-13-5-6-13/h12-14H,4-11H2,1-3H3. The fraction of sp³-hybridized carbons (Fsp3) is 1.00. The van der Waals surface area contributed by atoms with Crippen LogP contribution in [-0.4, -0.2) is 57.9 Å². The van der Waals surface area contributed by atoms with Gasteiger partial charge in [-0.15, -0.1) is 0 Å². The molecule has 0 aromatic rings. The van der Waals surface area contributed by atoms with Gasteiger partial charge in [-0.3, -0.25) is 0 Å². The van der Waals surface area contributed by atoms with Gasteiger partial charge in [0.25, 0.3) is 0 Å². The van der Waals surface area contributed by atoms with Crippen LogP contribution in [0, 0.1) is 5.92 Å². The third-order valence-electron chi connectivity index (χ3n) is 3.21. The van der Waals surface area contributed by atoms with Gasteiger partial charge >= 0.3 is 0 Å². The highest BCUT2D eigenvalue weighted by molar-refractivity contribution is 7.89. The molecule has 114 valence electrons. The molecule has 6 heteroatoms. The summed E-state index contributed by atoms with van der Waals surface area (Å²) < 4.78 is 30.8. The first kappa shape index (κ1) is 16.9. The van der Waals surface area contributed by atoms with E-state index in [9.17, 15) is 8.42 Å². The van der Waals surface area contributed by atoms with Crippen LogP contribution in [-0.2, 0) is 14.8 Å². The Morgan fingerprint density at radius 2 is 2.05 bits per heavy atom. The van der Waals surface area contributed by atoms with Crippen molar-refractivity contribution in [2.45, 2.75) is 39.2 Å². The Morgan fingerprint density at radius 3 is 2.63 bits per heavy atom. The van der Waals surface area contributed by atoms with Gasteiger partial charge in [0.15, 0.2) is 0 Å². The third kappa shape index (κ3) is 7.87. The zero-order valence-corrected chi connectivity index (χ0v) is 13.2. The molecule has 0 aromatic carbocycles. The molecule has 19 heavy (non-hydrogen) atoms. The van der Waals surface area contributed by atoms with Crippen molar-refractivity contribution in [2.24, 2.45) is 5.92 Å². The Labute approximate surface area is 117 Å². The van der Waals surface area contributed by atoms with Crippen LogP contribution in [0.3, 0.4) is 0 Å². The van der Waals surface area contributed by atoms with E-state index in [4.69, 9.17) is 4.74 Å². The van der Waals surface area contributed by atoms with Crippen molar-refractivity contribution in [3.8, 4) is 0 Å². The minimum atomic E-state index is -3.13. The van der Waals surface area contributed by atoms with E-state index in [0.717, 1.165) is 19.1 Å². The van der Waals surface area contributed by atoms with E-state index >= 15 is 0 Å². The maximum Gasteiger partial charge on any atom is 0.213 e. The molecule has 1 rings (SSSR count). The highest BCUT2D eigenvalue weighted by Gasteiger charge is 2.22. The Bertz CT molecular complexity index is 340. The predicted octanol–water partition coefficient (Wildman–Crippen LogP) is 1.06. The van der Waals surface area contributed by atoms with Crippen molar-refractivity contribution < 1.29 is 13.2 Å². The molecule has 0 amide bonds. The quantitative estimate of drug-likeness (QED) is 0.579. The molecule has 0 atom stereocenters. The topological polar surface area (TPSA) is 58.6 Å². The zero-order valence-electron chi connectivity index (χ0n) is 12.4.